The highest BCUT2D eigenvalue weighted by Crippen LogP contribution is 2.10. The summed E-state index contributed by atoms with van der Waals surface area (Å²) in [5, 5.41) is 14.9. The maximum atomic E-state index is 11.4. The molecule has 0 fully saturated rings. The molecule has 0 saturated heterocycles. The topological polar surface area (TPSA) is 64.9 Å². The molecule has 0 aromatic heterocycles. The van der Waals surface area contributed by atoms with Gasteiger partial charge in [-0.1, -0.05) is 13.0 Å². The lowest BCUT2D eigenvalue weighted by Crippen LogP contribution is -2.28. The number of benzene rings is 1. The molecular weight excluding hydrogens is 238 g/mol. The summed E-state index contributed by atoms with van der Waals surface area (Å²) in [4.78, 5) is 11.4. The number of hydrogen-bond acceptors (Lipinski definition) is 3. The highest BCUT2D eigenvalue weighted by atomic mass is 16.1. The van der Waals surface area contributed by atoms with E-state index in [-0.39, 0.29) is 5.91 Å². The summed E-state index contributed by atoms with van der Waals surface area (Å²) in [5.41, 5.74) is 2.94. The first-order valence-corrected chi connectivity index (χ1v) is 6.64. The van der Waals surface area contributed by atoms with E-state index in [1.54, 1.807) is 0 Å². The first-order valence-electron chi connectivity index (χ1n) is 6.64. The summed E-state index contributed by atoms with van der Waals surface area (Å²) in [6, 6.07) is 7.78. The van der Waals surface area contributed by atoms with Crippen molar-refractivity contribution in [2.45, 2.75) is 33.2 Å². The van der Waals surface area contributed by atoms with Crippen molar-refractivity contribution in [1.29, 1.82) is 5.26 Å². The molecule has 0 unspecified atom stereocenters. The van der Waals surface area contributed by atoms with Crippen LogP contribution in [0.4, 0.5) is 0 Å². The van der Waals surface area contributed by atoms with E-state index in [9.17, 15) is 4.79 Å². The van der Waals surface area contributed by atoms with E-state index in [4.69, 9.17) is 5.26 Å². The molecular formula is C15H21N3O. The quantitative estimate of drug-likeness (QED) is 0.735. The largest absolute Gasteiger partial charge is 0.356 e. The molecule has 0 atom stereocenters. The Hall–Kier alpha value is -1.86. The molecule has 1 rings (SSSR count). The minimum absolute atomic E-state index is 0.0888. The average Bonchev–Trinajstić information content (AvgIpc) is 2.42. The summed E-state index contributed by atoms with van der Waals surface area (Å²) in [5.74, 6) is 0.0888. The second kappa shape index (κ2) is 8.28. The lowest BCUT2D eigenvalue weighted by Gasteiger charge is -2.08. The minimum Gasteiger partial charge on any atom is -0.356 e. The summed E-state index contributed by atoms with van der Waals surface area (Å²) in [6.07, 6.45) is 1.46. The van der Waals surface area contributed by atoms with Gasteiger partial charge in [0.05, 0.1) is 11.6 Å². The minimum atomic E-state index is 0.0888. The second-order valence-electron chi connectivity index (χ2n) is 4.53. The van der Waals surface area contributed by atoms with Crippen LogP contribution in [0.25, 0.3) is 0 Å². The molecule has 0 bridgehead atoms. The molecule has 0 aliphatic rings. The van der Waals surface area contributed by atoms with Crippen LogP contribution in [0.1, 0.15) is 36.5 Å². The Morgan fingerprint density at radius 1 is 1.37 bits per heavy atom. The zero-order valence-corrected chi connectivity index (χ0v) is 11.6. The van der Waals surface area contributed by atoms with E-state index in [2.05, 4.69) is 16.7 Å². The van der Waals surface area contributed by atoms with Gasteiger partial charge in [0.2, 0.25) is 5.91 Å². The summed E-state index contributed by atoms with van der Waals surface area (Å²) in [7, 11) is 0. The molecule has 0 spiro atoms. The van der Waals surface area contributed by atoms with Crippen molar-refractivity contribution in [3.63, 3.8) is 0 Å². The van der Waals surface area contributed by atoms with Gasteiger partial charge in [0, 0.05) is 26.1 Å². The molecule has 2 N–H and O–H groups in total. The van der Waals surface area contributed by atoms with Crippen LogP contribution >= 0.6 is 0 Å². The normalized spacial score (nSPS) is 9.95. The molecule has 4 nitrogen and oxygen atoms in total. The Bertz CT molecular complexity index is 463. The molecule has 1 amide bonds. The fourth-order valence-corrected chi connectivity index (χ4v) is 1.74. The fraction of sp³-hybridized carbons (Fsp3) is 0.467. The Kier molecular flexibility index (Phi) is 6.62. The van der Waals surface area contributed by atoms with Gasteiger partial charge in [0.1, 0.15) is 0 Å². The number of aryl methyl sites for hydroxylation is 1. The second-order valence-corrected chi connectivity index (χ2v) is 4.53. The standard InChI is InChI=1S/C15H21N3O/c1-3-7-18-15(19)6-8-17-11-14-5-4-13(10-16)9-12(14)2/h4-5,9,17H,3,6-8,11H2,1-2H3,(H,18,19). The summed E-state index contributed by atoms with van der Waals surface area (Å²) < 4.78 is 0. The molecule has 0 heterocycles. The molecule has 1 aromatic rings. The van der Waals surface area contributed by atoms with Crippen molar-refractivity contribution in [3.05, 3.63) is 34.9 Å². The van der Waals surface area contributed by atoms with E-state index in [1.165, 1.54) is 0 Å². The number of amides is 1. The van der Waals surface area contributed by atoms with Crippen LogP contribution in [0, 0.1) is 18.3 Å². The maximum absolute atomic E-state index is 11.4. The Morgan fingerprint density at radius 3 is 2.79 bits per heavy atom. The molecule has 0 saturated carbocycles. The molecule has 102 valence electrons. The van der Waals surface area contributed by atoms with E-state index in [1.807, 2.05) is 32.0 Å². The van der Waals surface area contributed by atoms with Crippen molar-refractivity contribution in [3.8, 4) is 6.07 Å². The molecule has 0 aliphatic carbocycles. The predicted octanol–water partition coefficient (Wildman–Crippen LogP) is 1.87. The van der Waals surface area contributed by atoms with E-state index in [0.29, 0.717) is 18.5 Å². The van der Waals surface area contributed by atoms with Crippen LogP contribution in [-0.4, -0.2) is 19.0 Å². The van der Waals surface area contributed by atoms with Crippen molar-refractivity contribution in [2.75, 3.05) is 13.1 Å². The zero-order chi connectivity index (χ0) is 14.1. The lowest BCUT2D eigenvalue weighted by atomic mass is 10.1. The first kappa shape index (κ1) is 15.2. The van der Waals surface area contributed by atoms with E-state index in [0.717, 1.165) is 30.6 Å². The van der Waals surface area contributed by atoms with Gasteiger partial charge in [-0.15, -0.1) is 0 Å². The van der Waals surface area contributed by atoms with Gasteiger partial charge in [-0.05, 0) is 36.6 Å². The van der Waals surface area contributed by atoms with Crippen molar-refractivity contribution in [2.24, 2.45) is 0 Å². The van der Waals surface area contributed by atoms with Gasteiger partial charge in [0.25, 0.3) is 0 Å². The predicted molar refractivity (Wildman–Crippen MR) is 75.5 cm³/mol. The van der Waals surface area contributed by atoms with E-state index < -0.39 is 0 Å². The van der Waals surface area contributed by atoms with Crippen LogP contribution in [-0.2, 0) is 11.3 Å². The van der Waals surface area contributed by atoms with Gasteiger partial charge in [-0.2, -0.15) is 5.26 Å². The number of hydrogen-bond donors (Lipinski definition) is 2. The number of nitriles is 1. The van der Waals surface area contributed by atoms with Crippen molar-refractivity contribution >= 4 is 5.91 Å². The van der Waals surface area contributed by atoms with Gasteiger partial charge >= 0.3 is 0 Å². The third-order valence-electron chi connectivity index (χ3n) is 2.89. The molecule has 1 aromatic carbocycles. The molecule has 0 aliphatic heterocycles. The number of rotatable bonds is 7. The van der Waals surface area contributed by atoms with Gasteiger partial charge in [0.15, 0.2) is 0 Å². The van der Waals surface area contributed by atoms with Crippen LogP contribution in [0.15, 0.2) is 18.2 Å². The monoisotopic (exact) mass is 259 g/mol. The van der Waals surface area contributed by atoms with Crippen LogP contribution < -0.4 is 10.6 Å². The smallest absolute Gasteiger partial charge is 0.221 e. The number of nitrogens with one attached hydrogen (secondary N) is 2. The van der Waals surface area contributed by atoms with Gasteiger partial charge < -0.3 is 10.6 Å². The Labute approximate surface area is 114 Å². The zero-order valence-electron chi connectivity index (χ0n) is 11.6. The van der Waals surface area contributed by atoms with E-state index >= 15 is 0 Å². The van der Waals surface area contributed by atoms with Crippen LogP contribution in [0.2, 0.25) is 0 Å². The molecule has 19 heavy (non-hydrogen) atoms. The fourth-order valence-electron chi connectivity index (χ4n) is 1.74. The van der Waals surface area contributed by atoms with Crippen molar-refractivity contribution < 1.29 is 4.79 Å². The number of nitrogens with zero attached hydrogens (tertiary/aromatic N) is 1. The number of carbonyl (C=O) groups is 1. The third-order valence-corrected chi connectivity index (χ3v) is 2.89. The van der Waals surface area contributed by atoms with Gasteiger partial charge in [-0.25, -0.2) is 0 Å². The van der Waals surface area contributed by atoms with Crippen LogP contribution in [0.5, 0.6) is 0 Å². The molecule has 4 heteroatoms. The summed E-state index contributed by atoms with van der Waals surface area (Å²) >= 11 is 0. The average molecular weight is 259 g/mol. The Morgan fingerprint density at radius 2 is 2.16 bits per heavy atom. The van der Waals surface area contributed by atoms with Crippen molar-refractivity contribution in [1.82, 2.24) is 10.6 Å². The maximum Gasteiger partial charge on any atom is 0.221 e. The lowest BCUT2D eigenvalue weighted by molar-refractivity contribution is -0.120. The summed E-state index contributed by atoms with van der Waals surface area (Å²) in [6.45, 7) is 6.15. The first-order chi connectivity index (χ1) is 9.17. The number of carbonyl (C=O) groups excluding carboxylic acids is 1. The highest BCUT2D eigenvalue weighted by Gasteiger charge is 2.02. The third kappa shape index (κ3) is 5.54. The van der Waals surface area contributed by atoms with Gasteiger partial charge in [-0.3, -0.25) is 4.79 Å². The SMILES string of the molecule is CCCNC(=O)CCNCc1ccc(C#N)cc1C. The van der Waals surface area contributed by atoms with Crippen LogP contribution in [0.3, 0.4) is 0 Å². The molecule has 0 radical (unpaired) electrons. The Balaban J connectivity index is 2.30. The highest BCUT2D eigenvalue weighted by molar-refractivity contribution is 5.75.